The number of rotatable bonds is 27. The molecule has 5 aromatic rings. The van der Waals surface area contributed by atoms with Gasteiger partial charge in [-0.3, -0.25) is 0 Å². The minimum atomic E-state index is 0.0663. The summed E-state index contributed by atoms with van der Waals surface area (Å²) in [5.74, 6) is 2.30. The van der Waals surface area contributed by atoms with E-state index in [9.17, 15) is 5.11 Å². The van der Waals surface area contributed by atoms with Gasteiger partial charge >= 0.3 is 0 Å². The van der Waals surface area contributed by atoms with E-state index in [2.05, 4.69) is 154 Å². The fourth-order valence-corrected chi connectivity index (χ4v) is 6.83. The number of hydrogen-bond donors (Lipinski definition) is 1. The Kier molecular flexibility index (Phi) is 20.8. The summed E-state index contributed by atoms with van der Waals surface area (Å²) >= 11 is 0. The second-order valence-corrected chi connectivity index (χ2v) is 15.8. The van der Waals surface area contributed by atoms with Crippen LogP contribution in [0.5, 0.6) is 17.2 Å². The molecule has 0 atom stereocenters. The fraction of sp³-hybridized carbons (Fsp3) is 0.333. The Labute approximate surface area is 367 Å². The number of benzene rings is 5. The molecule has 0 unspecified atom stereocenters. The molecule has 4 nitrogen and oxygen atoms in total. The Balaban J connectivity index is 1.19. The van der Waals surface area contributed by atoms with Crippen LogP contribution in [0.15, 0.2) is 109 Å². The van der Waals surface area contributed by atoms with Gasteiger partial charge < -0.3 is 19.3 Å². The van der Waals surface area contributed by atoms with Gasteiger partial charge in [-0.2, -0.15) is 0 Å². The molecule has 0 bridgehead atoms. The van der Waals surface area contributed by atoms with Crippen LogP contribution in [0, 0.1) is 0 Å². The molecule has 5 rings (SSSR count). The zero-order chi connectivity index (χ0) is 42.7. The van der Waals surface area contributed by atoms with E-state index in [0.29, 0.717) is 19.8 Å². The van der Waals surface area contributed by atoms with Crippen molar-refractivity contribution in [3.8, 4) is 17.2 Å². The summed E-state index contributed by atoms with van der Waals surface area (Å²) in [6, 6.07) is 38.0. The Morgan fingerprint density at radius 3 is 0.918 bits per heavy atom. The molecule has 5 aromatic carbocycles. The summed E-state index contributed by atoms with van der Waals surface area (Å²) < 4.78 is 19.3. The monoisotopic (exact) mass is 817 g/mol. The van der Waals surface area contributed by atoms with E-state index in [4.69, 9.17) is 14.2 Å². The first-order valence-corrected chi connectivity index (χ1v) is 22.9. The minimum Gasteiger partial charge on any atom is -0.490 e. The summed E-state index contributed by atoms with van der Waals surface area (Å²) in [6.07, 6.45) is 31.0. The van der Waals surface area contributed by atoms with Crippen LogP contribution in [-0.2, 0) is 6.61 Å². The molecule has 4 heteroatoms. The van der Waals surface area contributed by atoms with Gasteiger partial charge in [-0.15, -0.1) is 0 Å². The van der Waals surface area contributed by atoms with Crippen molar-refractivity contribution in [2.24, 2.45) is 0 Å². The second kappa shape index (κ2) is 27.3. The molecule has 0 heterocycles. The molecule has 0 fully saturated rings. The highest BCUT2D eigenvalue weighted by atomic mass is 16.5. The number of aliphatic hydroxyl groups is 1. The topological polar surface area (TPSA) is 47.9 Å². The van der Waals surface area contributed by atoms with Crippen molar-refractivity contribution in [1.82, 2.24) is 0 Å². The third kappa shape index (κ3) is 17.1. The normalized spacial score (nSPS) is 11.7. The van der Waals surface area contributed by atoms with Gasteiger partial charge in [-0.25, -0.2) is 0 Å². The summed E-state index contributed by atoms with van der Waals surface area (Å²) in [5.41, 5.74) is 9.96. The van der Waals surface area contributed by atoms with Crippen LogP contribution < -0.4 is 14.2 Å². The van der Waals surface area contributed by atoms with Gasteiger partial charge in [0.05, 0.1) is 26.4 Å². The van der Waals surface area contributed by atoms with Crippen LogP contribution in [-0.4, -0.2) is 24.9 Å². The summed E-state index contributed by atoms with van der Waals surface area (Å²) in [7, 11) is 0. The Morgan fingerprint density at radius 1 is 0.344 bits per heavy atom. The molecule has 0 aliphatic carbocycles. The van der Waals surface area contributed by atoms with E-state index >= 15 is 0 Å². The predicted molar refractivity (Wildman–Crippen MR) is 263 cm³/mol. The average Bonchev–Trinajstić information content (AvgIpc) is 3.30. The first kappa shape index (κ1) is 46.5. The van der Waals surface area contributed by atoms with Gasteiger partial charge in [0.15, 0.2) is 11.5 Å². The fourth-order valence-electron chi connectivity index (χ4n) is 6.83. The molecule has 0 saturated heterocycles. The lowest BCUT2D eigenvalue weighted by Crippen LogP contribution is -2.06. The van der Waals surface area contributed by atoms with Crippen LogP contribution in [0.4, 0.5) is 0 Å². The van der Waals surface area contributed by atoms with Crippen LogP contribution in [0.1, 0.15) is 148 Å². The van der Waals surface area contributed by atoms with Gasteiger partial charge in [0.25, 0.3) is 0 Å². The SMILES string of the molecule is CCCCCCOc1cc(/C=C/c2ccc(/C=C/c3ccc(/C=C/c4ccc(/C=C/c5ccc(CO)cc5)cc4)cc3)cc2)cc(OCCCCCC)c1OCCCCCC. The van der Waals surface area contributed by atoms with Crippen molar-refractivity contribution in [3.63, 3.8) is 0 Å². The molecule has 0 aliphatic rings. The Bertz CT molecular complexity index is 2050. The molecule has 61 heavy (non-hydrogen) atoms. The lowest BCUT2D eigenvalue weighted by Gasteiger charge is -2.18. The molecule has 0 spiro atoms. The van der Waals surface area contributed by atoms with Crippen LogP contribution in [0.3, 0.4) is 0 Å². The van der Waals surface area contributed by atoms with E-state index in [1.54, 1.807) is 0 Å². The molecular formula is C57H68O4. The number of ether oxygens (including phenoxy) is 3. The van der Waals surface area contributed by atoms with Crippen LogP contribution >= 0.6 is 0 Å². The molecule has 0 saturated carbocycles. The maximum atomic E-state index is 9.25. The third-order valence-electron chi connectivity index (χ3n) is 10.6. The number of unbranched alkanes of at least 4 members (excludes halogenated alkanes) is 9. The molecule has 320 valence electrons. The highest BCUT2D eigenvalue weighted by Crippen LogP contribution is 2.40. The average molecular weight is 817 g/mol. The van der Waals surface area contributed by atoms with Gasteiger partial charge in [0.2, 0.25) is 5.75 Å². The number of hydrogen-bond acceptors (Lipinski definition) is 4. The van der Waals surface area contributed by atoms with Gasteiger partial charge in [-0.05, 0) is 81.5 Å². The highest BCUT2D eigenvalue weighted by Gasteiger charge is 2.16. The standard InChI is InChI=1S/C57H68O4/c1-4-7-10-13-40-59-55-43-54(44-56(60-41-14-11-8-5-2)57(55)61-42-15-12-9-6-3)39-36-51-31-28-50(29-32-51)27-24-47-19-16-46(17-20-47)18-21-48-22-25-49(26-23-48)30-33-52-34-37-53(45-58)38-35-52/h16-39,43-44,58H,4-15,40-42,45H2,1-3H3/b21-18+,27-24+,33-30+,39-36+. The van der Waals surface area contributed by atoms with Crippen molar-refractivity contribution in [3.05, 3.63) is 159 Å². The smallest absolute Gasteiger partial charge is 0.203 e. The maximum Gasteiger partial charge on any atom is 0.203 e. The quantitative estimate of drug-likeness (QED) is 0.0424. The molecule has 0 radical (unpaired) electrons. The molecular weight excluding hydrogens is 749 g/mol. The van der Waals surface area contributed by atoms with Crippen LogP contribution in [0.2, 0.25) is 0 Å². The van der Waals surface area contributed by atoms with Crippen molar-refractivity contribution in [1.29, 1.82) is 0 Å². The van der Waals surface area contributed by atoms with Gasteiger partial charge in [-0.1, -0.05) is 224 Å². The molecule has 0 aromatic heterocycles. The summed E-state index contributed by atoms with van der Waals surface area (Å²) in [5, 5.41) is 9.25. The van der Waals surface area contributed by atoms with E-state index in [1.165, 1.54) is 57.8 Å². The Hall–Kier alpha value is -5.58. The first-order valence-electron chi connectivity index (χ1n) is 22.9. The molecule has 0 aliphatic heterocycles. The Morgan fingerprint density at radius 2 is 0.623 bits per heavy atom. The van der Waals surface area contributed by atoms with Crippen molar-refractivity contribution < 1.29 is 19.3 Å². The first-order chi connectivity index (χ1) is 30.1. The summed E-state index contributed by atoms with van der Waals surface area (Å²) in [6.45, 7) is 8.78. The minimum absolute atomic E-state index is 0.0663. The third-order valence-corrected chi connectivity index (χ3v) is 10.6. The lowest BCUT2D eigenvalue weighted by atomic mass is 10.1. The van der Waals surface area contributed by atoms with Crippen molar-refractivity contribution in [2.45, 2.75) is 104 Å². The molecule has 1 N–H and O–H groups in total. The molecule has 0 amide bonds. The van der Waals surface area contributed by atoms with Gasteiger partial charge in [0, 0.05) is 0 Å². The second-order valence-electron chi connectivity index (χ2n) is 15.8. The predicted octanol–water partition coefficient (Wildman–Crippen LogP) is 15.7. The van der Waals surface area contributed by atoms with Crippen LogP contribution in [0.25, 0.3) is 48.6 Å². The lowest BCUT2D eigenvalue weighted by molar-refractivity contribution is 0.234. The maximum absolute atomic E-state index is 9.25. The summed E-state index contributed by atoms with van der Waals surface area (Å²) in [4.78, 5) is 0. The van der Waals surface area contributed by atoms with E-state index < -0.39 is 0 Å². The zero-order valence-electron chi connectivity index (χ0n) is 37.0. The van der Waals surface area contributed by atoms with E-state index in [1.807, 2.05) is 24.3 Å². The largest absolute Gasteiger partial charge is 0.490 e. The highest BCUT2D eigenvalue weighted by molar-refractivity contribution is 5.76. The number of aliphatic hydroxyl groups excluding tert-OH is 1. The van der Waals surface area contributed by atoms with Crippen molar-refractivity contribution >= 4 is 48.6 Å². The van der Waals surface area contributed by atoms with Gasteiger partial charge in [0.1, 0.15) is 0 Å². The van der Waals surface area contributed by atoms with Crippen molar-refractivity contribution in [2.75, 3.05) is 19.8 Å². The zero-order valence-corrected chi connectivity index (χ0v) is 37.0. The van der Waals surface area contributed by atoms with E-state index in [0.717, 1.165) is 86.6 Å². The van der Waals surface area contributed by atoms with E-state index in [-0.39, 0.29) is 6.61 Å².